The summed E-state index contributed by atoms with van der Waals surface area (Å²) >= 11 is 0. The van der Waals surface area contributed by atoms with E-state index < -0.39 is 0 Å². The number of anilines is 8. The van der Waals surface area contributed by atoms with Crippen molar-refractivity contribution in [1.82, 2.24) is 40.4 Å². The normalized spacial score (nSPS) is 19.9. The molecule has 0 spiro atoms. The van der Waals surface area contributed by atoms with Gasteiger partial charge in [-0.3, -0.25) is 19.3 Å². The van der Waals surface area contributed by atoms with E-state index in [0.29, 0.717) is 11.9 Å². The van der Waals surface area contributed by atoms with E-state index in [2.05, 4.69) is 90.8 Å². The standard InChI is InChI=1S/C30H36N8O2.C27H32N6O2/c39-28(26-3-1-14-31-26)34-22-7-5-21(6-8-22)25-13-16-33-30(36-25)35-23-9-11-24(12-10-23)37-17-19-38(20-18-37)29(40)27-4-2-15-32-27;1-32-15-3-2-4-25(32)26(34)29-21-7-5-20(6-8-21)24-13-14-28-27(31-24)30-22-9-11-23(12-10-22)33-16-18-35-19-17-33/h5-13,16,26-27,31-32H,1-4,14-15,17-20H2,(H,34,39)(H,33,35,36);5-14,25H,2-4,15-19H2,1H3,(H,29,34)(H,28,30,31)/t26-,27+;/m1./s1. The average molecular weight is 1010 g/mol. The fraction of sp³-hybridized carbons (Fsp3) is 0.386. The number of likely N-dealkylation sites (tertiary alicyclic amines) is 1. The van der Waals surface area contributed by atoms with Gasteiger partial charge in [0.15, 0.2) is 0 Å². The molecule has 5 aliphatic rings. The zero-order valence-corrected chi connectivity index (χ0v) is 42.7. The molecule has 7 heterocycles. The van der Waals surface area contributed by atoms with E-state index in [-0.39, 0.29) is 35.8 Å². The fourth-order valence-corrected chi connectivity index (χ4v) is 10.3. The van der Waals surface area contributed by atoms with Crippen LogP contribution in [0.15, 0.2) is 122 Å². The molecule has 6 aromatic rings. The van der Waals surface area contributed by atoms with Crippen LogP contribution in [0, 0.1) is 0 Å². The van der Waals surface area contributed by atoms with Gasteiger partial charge in [-0.25, -0.2) is 19.9 Å². The highest BCUT2D eigenvalue weighted by Gasteiger charge is 2.30. The van der Waals surface area contributed by atoms with Crippen molar-refractivity contribution >= 4 is 63.7 Å². The number of morpholine rings is 1. The number of carbonyl (C=O) groups excluding carboxylic acids is 3. The molecule has 0 radical (unpaired) electrons. The minimum Gasteiger partial charge on any atom is -0.378 e. The highest BCUT2D eigenvalue weighted by atomic mass is 16.5. The monoisotopic (exact) mass is 1010 g/mol. The number of ether oxygens (including phenoxy) is 1. The third-order valence-electron chi connectivity index (χ3n) is 14.6. The van der Waals surface area contributed by atoms with Gasteiger partial charge < -0.3 is 51.3 Å². The fourth-order valence-electron chi connectivity index (χ4n) is 10.3. The molecule has 3 amide bonds. The summed E-state index contributed by atoms with van der Waals surface area (Å²) in [6.07, 6.45) is 10.6. The van der Waals surface area contributed by atoms with Crippen LogP contribution in [0.4, 0.5) is 46.0 Å². The molecule has 0 bridgehead atoms. The summed E-state index contributed by atoms with van der Waals surface area (Å²) in [4.78, 5) is 64.6. The number of benzene rings is 4. The number of piperazine rings is 1. The number of hydrogen-bond acceptors (Lipinski definition) is 15. The van der Waals surface area contributed by atoms with Crippen LogP contribution in [0.2, 0.25) is 0 Å². The zero-order valence-electron chi connectivity index (χ0n) is 42.7. The van der Waals surface area contributed by atoms with Crippen molar-refractivity contribution in [2.75, 3.05) is 110 Å². The Morgan fingerprint density at radius 3 is 1.52 bits per heavy atom. The van der Waals surface area contributed by atoms with Crippen LogP contribution >= 0.6 is 0 Å². The Labute approximate surface area is 439 Å². The molecular weight excluding hydrogens is 945 g/mol. The van der Waals surface area contributed by atoms with Crippen molar-refractivity contribution in [2.24, 2.45) is 0 Å². The first-order valence-corrected chi connectivity index (χ1v) is 26.5. The highest BCUT2D eigenvalue weighted by molar-refractivity contribution is 5.96. The minimum atomic E-state index is -0.107. The van der Waals surface area contributed by atoms with Crippen LogP contribution in [-0.2, 0) is 19.1 Å². The number of carbonyl (C=O) groups is 3. The molecule has 75 heavy (non-hydrogen) atoms. The van der Waals surface area contributed by atoms with Crippen molar-refractivity contribution < 1.29 is 19.1 Å². The first-order valence-electron chi connectivity index (χ1n) is 26.5. The van der Waals surface area contributed by atoms with Gasteiger partial charge in [0.2, 0.25) is 29.6 Å². The van der Waals surface area contributed by atoms with E-state index in [0.717, 1.165) is 168 Å². The van der Waals surface area contributed by atoms with E-state index in [1.54, 1.807) is 12.4 Å². The molecule has 4 aromatic carbocycles. The molecule has 5 aliphatic heterocycles. The third-order valence-corrected chi connectivity index (χ3v) is 14.6. The lowest BCUT2D eigenvalue weighted by molar-refractivity contribution is -0.133. The number of nitrogens with zero attached hydrogens (tertiary/aromatic N) is 8. The predicted octanol–water partition coefficient (Wildman–Crippen LogP) is 7.12. The van der Waals surface area contributed by atoms with E-state index in [4.69, 9.17) is 4.74 Å². The summed E-state index contributed by atoms with van der Waals surface area (Å²) in [5.74, 6) is 1.38. The molecule has 390 valence electrons. The van der Waals surface area contributed by atoms with Gasteiger partial charge in [-0.2, -0.15) is 0 Å². The van der Waals surface area contributed by atoms with Crippen LogP contribution in [0.5, 0.6) is 0 Å². The summed E-state index contributed by atoms with van der Waals surface area (Å²) in [5, 5.41) is 19.2. The Hall–Kier alpha value is -7.51. The van der Waals surface area contributed by atoms with Gasteiger partial charge in [0.05, 0.1) is 42.7 Å². The highest BCUT2D eigenvalue weighted by Crippen LogP contribution is 2.27. The van der Waals surface area contributed by atoms with Crippen molar-refractivity contribution in [1.29, 1.82) is 0 Å². The summed E-state index contributed by atoms with van der Waals surface area (Å²) in [7, 11) is 2.02. The van der Waals surface area contributed by atoms with E-state index in [1.807, 2.05) is 96.9 Å². The van der Waals surface area contributed by atoms with Crippen LogP contribution in [0.25, 0.3) is 22.5 Å². The first-order chi connectivity index (χ1) is 36.8. The topological polar surface area (TPSA) is 197 Å². The lowest BCUT2D eigenvalue weighted by Gasteiger charge is -2.37. The Morgan fingerprint density at radius 2 is 1.01 bits per heavy atom. The molecule has 1 unspecified atom stereocenters. The van der Waals surface area contributed by atoms with Crippen molar-refractivity contribution in [3.63, 3.8) is 0 Å². The molecule has 2 aromatic heterocycles. The van der Waals surface area contributed by atoms with Gasteiger partial charge >= 0.3 is 0 Å². The molecule has 5 saturated heterocycles. The number of rotatable bonds is 13. The van der Waals surface area contributed by atoms with Crippen LogP contribution in [-0.4, -0.2) is 145 Å². The Balaban J connectivity index is 0.000000173. The van der Waals surface area contributed by atoms with Crippen LogP contribution < -0.4 is 41.7 Å². The molecule has 0 saturated carbocycles. The average Bonchev–Trinajstić information content (AvgIpc) is 4.22. The molecular formula is C57H68N14O4. The summed E-state index contributed by atoms with van der Waals surface area (Å²) < 4.78 is 5.43. The lowest BCUT2D eigenvalue weighted by atomic mass is 10.0. The third kappa shape index (κ3) is 13.4. The Bertz CT molecular complexity index is 2830. The summed E-state index contributed by atoms with van der Waals surface area (Å²) in [6, 6.07) is 35.7. The van der Waals surface area contributed by atoms with Crippen molar-refractivity contribution in [2.45, 2.75) is 63.1 Å². The van der Waals surface area contributed by atoms with E-state index >= 15 is 0 Å². The summed E-state index contributed by atoms with van der Waals surface area (Å²) in [5.41, 5.74) is 9.26. The molecule has 18 heteroatoms. The molecule has 6 N–H and O–H groups in total. The predicted molar refractivity (Wildman–Crippen MR) is 296 cm³/mol. The maximum Gasteiger partial charge on any atom is 0.241 e. The largest absolute Gasteiger partial charge is 0.378 e. The second-order valence-electron chi connectivity index (χ2n) is 19.7. The van der Waals surface area contributed by atoms with E-state index in [1.165, 1.54) is 5.69 Å². The Kier molecular flexibility index (Phi) is 16.8. The maximum absolute atomic E-state index is 12.7. The molecule has 5 fully saturated rings. The Morgan fingerprint density at radius 1 is 0.520 bits per heavy atom. The van der Waals surface area contributed by atoms with Gasteiger partial charge in [0.1, 0.15) is 0 Å². The van der Waals surface area contributed by atoms with Crippen LogP contribution in [0.3, 0.4) is 0 Å². The van der Waals surface area contributed by atoms with Crippen LogP contribution in [0.1, 0.15) is 44.9 Å². The van der Waals surface area contributed by atoms with Crippen molar-refractivity contribution in [3.05, 3.63) is 122 Å². The van der Waals surface area contributed by atoms with Gasteiger partial charge in [0, 0.05) is 96.9 Å². The number of likely N-dealkylation sites (N-methyl/N-ethyl adjacent to an activating group) is 1. The molecule has 3 atom stereocenters. The number of hydrogen-bond donors (Lipinski definition) is 6. The maximum atomic E-state index is 12.7. The number of nitrogens with one attached hydrogen (secondary N) is 6. The molecule has 0 aliphatic carbocycles. The second kappa shape index (κ2) is 24.7. The molecule has 11 rings (SSSR count). The number of amides is 3. The van der Waals surface area contributed by atoms with E-state index in [9.17, 15) is 14.4 Å². The zero-order chi connectivity index (χ0) is 51.3. The second-order valence-corrected chi connectivity index (χ2v) is 19.7. The van der Waals surface area contributed by atoms with Gasteiger partial charge in [-0.05, 0) is 150 Å². The minimum absolute atomic E-state index is 0.00343. The van der Waals surface area contributed by atoms with Gasteiger partial charge in [0.25, 0.3) is 0 Å². The van der Waals surface area contributed by atoms with Crippen molar-refractivity contribution in [3.8, 4) is 22.5 Å². The summed E-state index contributed by atoms with van der Waals surface area (Å²) in [6.45, 7) is 9.34. The first kappa shape index (κ1) is 51.0. The quantitative estimate of drug-likeness (QED) is 0.0684. The number of aromatic nitrogens is 4. The van der Waals surface area contributed by atoms with Gasteiger partial charge in [-0.15, -0.1) is 0 Å². The molecule has 18 nitrogen and oxygen atoms in total. The smallest absolute Gasteiger partial charge is 0.241 e. The van der Waals surface area contributed by atoms with Gasteiger partial charge in [-0.1, -0.05) is 30.7 Å². The number of piperidine rings is 1. The SMILES string of the molecule is CN1CCCCC1C(=O)Nc1ccc(-c2ccnc(Nc3ccc(N4CCOCC4)cc3)n2)cc1.O=C(Nc1ccc(-c2ccnc(Nc3ccc(N4CCN(C(=O)[C@@H]5CCCN5)CC4)cc3)n2)cc1)[C@H]1CCCN1. The lowest BCUT2D eigenvalue weighted by Crippen LogP contribution is -2.53.